The van der Waals surface area contributed by atoms with E-state index < -0.39 is 23.8 Å². The Morgan fingerprint density at radius 1 is 1.39 bits per heavy atom. The van der Waals surface area contributed by atoms with Crippen molar-refractivity contribution in [2.75, 3.05) is 0 Å². The van der Waals surface area contributed by atoms with Gasteiger partial charge in [0.05, 0.1) is 6.04 Å². The number of amides is 1. The summed E-state index contributed by atoms with van der Waals surface area (Å²) in [7, 11) is 0. The summed E-state index contributed by atoms with van der Waals surface area (Å²) in [6, 6.07) is -0.277. The molecule has 0 unspecified atom stereocenters. The first-order chi connectivity index (χ1) is 8.11. The van der Waals surface area contributed by atoms with Gasteiger partial charge in [-0.15, -0.1) is 0 Å². The van der Waals surface area contributed by atoms with Crippen LogP contribution in [0.15, 0.2) is 0 Å². The van der Waals surface area contributed by atoms with Crippen molar-refractivity contribution in [3.8, 4) is 0 Å². The Balaban J connectivity index is 2.78. The summed E-state index contributed by atoms with van der Waals surface area (Å²) >= 11 is 0. The molecule has 0 aromatic rings. The highest BCUT2D eigenvalue weighted by Crippen LogP contribution is 2.28. The van der Waals surface area contributed by atoms with Gasteiger partial charge >= 0.3 is 12.1 Å². The lowest BCUT2D eigenvalue weighted by atomic mass is 9.99. The minimum atomic E-state index is -1.06. The van der Waals surface area contributed by atoms with E-state index in [-0.39, 0.29) is 18.4 Å². The van der Waals surface area contributed by atoms with Gasteiger partial charge in [0.2, 0.25) is 0 Å². The largest absolute Gasteiger partial charge is 0.479 e. The first-order valence-electron chi connectivity index (χ1n) is 6.03. The quantitative estimate of drug-likeness (QED) is 0.821. The Morgan fingerprint density at radius 2 is 1.94 bits per heavy atom. The van der Waals surface area contributed by atoms with E-state index in [2.05, 4.69) is 0 Å². The molecule has 0 saturated carbocycles. The second-order valence-corrected chi connectivity index (χ2v) is 5.79. The molecule has 1 aliphatic heterocycles. The Labute approximate surface area is 107 Å². The van der Waals surface area contributed by atoms with E-state index in [1.54, 1.807) is 20.8 Å². The van der Waals surface area contributed by atoms with Crippen molar-refractivity contribution in [2.24, 2.45) is 5.92 Å². The fourth-order valence-electron chi connectivity index (χ4n) is 1.75. The molecule has 0 aromatic heterocycles. The SMILES string of the molecule is CC(C)[C@H]1C[C@H](C(=O)O)ON1C(=O)OC(C)(C)C. The maximum absolute atomic E-state index is 11.9. The van der Waals surface area contributed by atoms with Crippen LogP contribution in [0.25, 0.3) is 0 Å². The molecule has 1 N–H and O–H groups in total. The average Bonchev–Trinajstić information content (AvgIpc) is 2.58. The zero-order valence-corrected chi connectivity index (χ0v) is 11.5. The molecule has 1 heterocycles. The second kappa shape index (κ2) is 5.14. The van der Waals surface area contributed by atoms with Gasteiger partial charge < -0.3 is 9.84 Å². The van der Waals surface area contributed by atoms with Gasteiger partial charge in [-0.1, -0.05) is 13.8 Å². The molecule has 104 valence electrons. The first-order valence-corrected chi connectivity index (χ1v) is 6.03. The van der Waals surface area contributed by atoms with Gasteiger partial charge in [-0.2, -0.15) is 5.06 Å². The van der Waals surface area contributed by atoms with Crippen LogP contribution in [0.2, 0.25) is 0 Å². The topological polar surface area (TPSA) is 76.1 Å². The van der Waals surface area contributed by atoms with Crippen molar-refractivity contribution in [3.05, 3.63) is 0 Å². The molecular formula is C12H21NO5. The van der Waals surface area contributed by atoms with Gasteiger partial charge in [0.15, 0.2) is 6.10 Å². The standard InChI is InChI=1S/C12H21NO5/c1-7(2)8-6-9(10(14)15)18-13(8)11(16)17-12(3,4)5/h7-9H,6H2,1-5H3,(H,14,15)/t8-,9-/m1/s1. The normalized spacial score (nSPS) is 24.4. The molecule has 1 saturated heterocycles. The maximum atomic E-state index is 11.9. The number of hydroxylamine groups is 2. The minimum Gasteiger partial charge on any atom is -0.479 e. The van der Waals surface area contributed by atoms with Crippen LogP contribution in [-0.2, 0) is 14.4 Å². The number of hydrogen-bond donors (Lipinski definition) is 1. The van der Waals surface area contributed by atoms with Crippen LogP contribution >= 0.6 is 0 Å². The van der Waals surface area contributed by atoms with Gasteiger partial charge in [-0.3, -0.25) is 4.84 Å². The van der Waals surface area contributed by atoms with Crippen molar-refractivity contribution < 1.29 is 24.3 Å². The summed E-state index contributed by atoms with van der Waals surface area (Å²) in [5.41, 5.74) is -0.636. The van der Waals surface area contributed by atoms with E-state index in [0.29, 0.717) is 0 Å². The van der Waals surface area contributed by atoms with E-state index in [9.17, 15) is 9.59 Å². The lowest BCUT2D eigenvalue weighted by molar-refractivity contribution is -0.178. The monoisotopic (exact) mass is 259 g/mol. The van der Waals surface area contributed by atoms with Crippen molar-refractivity contribution >= 4 is 12.1 Å². The lowest BCUT2D eigenvalue weighted by Crippen LogP contribution is -2.41. The lowest BCUT2D eigenvalue weighted by Gasteiger charge is -2.28. The molecule has 0 spiro atoms. The fourth-order valence-corrected chi connectivity index (χ4v) is 1.75. The molecule has 0 radical (unpaired) electrons. The van der Waals surface area contributed by atoms with Gasteiger partial charge in [-0.25, -0.2) is 9.59 Å². The Bertz CT molecular complexity index is 334. The number of carboxylic acids is 1. The van der Waals surface area contributed by atoms with E-state index in [0.717, 1.165) is 5.06 Å². The van der Waals surface area contributed by atoms with Crippen LogP contribution in [0.5, 0.6) is 0 Å². The summed E-state index contributed by atoms with van der Waals surface area (Å²) in [4.78, 5) is 28.0. The zero-order valence-electron chi connectivity index (χ0n) is 11.5. The summed E-state index contributed by atoms with van der Waals surface area (Å²) in [5.74, 6) is -0.964. The smallest absolute Gasteiger partial charge is 0.434 e. The third-order valence-electron chi connectivity index (χ3n) is 2.62. The number of carboxylic acid groups (broad SMARTS) is 1. The van der Waals surface area contributed by atoms with Crippen LogP contribution in [-0.4, -0.2) is 40.0 Å². The molecule has 1 fully saturated rings. The third-order valence-corrected chi connectivity index (χ3v) is 2.62. The van der Waals surface area contributed by atoms with E-state index in [4.69, 9.17) is 14.7 Å². The predicted molar refractivity (Wildman–Crippen MR) is 63.8 cm³/mol. The summed E-state index contributed by atoms with van der Waals surface area (Å²) in [6.45, 7) is 9.07. The van der Waals surface area contributed by atoms with Gasteiger partial charge in [0, 0.05) is 6.42 Å². The van der Waals surface area contributed by atoms with Crippen molar-refractivity contribution in [3.63, 3.8) is 0 Å². The first kappa shape index (κ1) is 14.8. The van der Waals surface area contributed by atoms with Gasteiger partial charge in [-0.05, 0) is 26.7 Å². The molecule has 1 rings (SSSR count). The van der Waals surface area contributed by atoms with Crippen LogP contribution in [0.1, 0.15) is 41.0 Å². The summed E-state index contributed by atoms with van der Waals surface area (Å²) < 4.78 is 5.20. The molecule has 18 heavy (non-hydrogen) atoms. The molecule has 0 aromatic carbocycles. The molecule has 6 heteroatoms. The van der Waals surface area contributed by atoms with Crippen molar-refractivity contribution in [1.82, 2.24) is 5.06 Å². The number of ether oxygens (including phenoxy) is 1. The van der Waals surface area contributed by atoms with Crippen LogP contribution in [0.4, 0.5) is 4.79 Å². The number of rotatable bonds is 2. The number of carbonyl (C=O) groups is 2. The Kier molecular flexibility index (Phi) is 4.21. The fraction of sp³-hybridized carbons (Fsp3) is 0.833. The number of aliphatic carboxylic acids is 1. The average molecular weight is 259 g/mol. The maximum Gasteiger partial charge on any atom is 0.434 e. The molecule has 1 amide bonds. The summed E-state index contributed by atoms with van der Waals surface area (Å²) in [5, 5.41) is 10.0. The molecule has 0 aliphatic carbocycles. The minimum absolute atomic E-state index is 0.0990. The van der Waals surface area contributed by atoms with E-state index in [1.807, 2.05) is 13.8 Å². The molecule has 1 aliphatic rings. The van der Waals surface area contributed by atoms with Crippen LogP contribution in [0.3, 0.4) is 0 Å². The highest BCUT2D eigenvalue weighted by atomic mass is 16.8. The van der Waals surface area contributed by atoms with Crippen LogP contribution < -0.4 is 0 Å². The third kappa shape index (κ3) is 3.60. The molecular weight excluding hydrogens is 238 g/mol. The highest BCUT2D eigenvalue weighted by Gasteiger charge is 2.43. The van der Waals surface area contributed by atoms with Crippen molar-refractivity contribution in [2.45, 2.75) is 58.8 Å². The van der Waals surface area contributed by atoms with Gasteiger partial charge in [0.1, 0.15) is 5.60 Å². The second-order valence-electron chi connectivity index (χ2n) is 5.79. The molecule has 6 nitrogen and oxygen atoms in total. The van der Waals surface area contributed by atoms with Gasteiger partial charge in [0.25, 0.3) is 0 Å². The summed E-state index contributed by atoms with van der Waals surface area (Å²) in [6.07, 6.45) is -1.33. The molecule has 0 bridgehead atoms. The van der Waals surface area contributed by atoms with E-state index in [1.165, 1.54) is 0 Å². The van der Waals surface area contributed by atoms with E-state index >= 15 is 0 Å². The Hall–Kier alpha value is -1.30. The number of carbonyl (C=O) groups excluding carboxylic acids is 1. The zero-order chi connectivity index (χ0) is 14.1. The molecule has 2 atom stereocenters. The highest BCUT2D eigenvalue weighted by molar-refractivity contribution is 5.74. The number of hydrogen-bond acceptors (Lipinski definition) is 4. The van der Waals surface area contributed by atoms with Crippen molar-refractivity contribution in [1.29, 1.82) is 0 Å². The van der Waals surface area contributed by atoms with Crippen LogP contribution in [0, 0.1) is 5.92 Å². The number of nitrogens with zero attached hydrogens (tertiary/aromatic N) is 1. The predicted octanol–water partition coefficient (Wildman–Crippen LogP) is 2.04. The Morgan fingerprint density at radius 3 is 2.33 bits per heavy atom.